The van der Waals surface area contributed by atoms with Crippen LogP contribution in [0.15, 0.2) is 60.7 Å². The number of fused-ring (bicyclic) bond motifs is 1. The van der Waals surface area contributed by atoms with Crippen LogP contribution in [0, 0.1) is 0 Å². The van der Waals surface area contributed by atoms with Crippen molar-refractivity contribution in [3.63, 3.8) is 0 Å². The number of hydrogen-bond acceptors (Lipinski definition) is 2. The molecular weight excluding hydrogens is 270 g/mol. The third kappa shape index (κ3) is 2.62. The highest BCUT2D eigenvalue weighted by atomic mass is 35.5. The summed E-state index contributed by atoms with van der Waals surface area (Å²) in [5, 5.41) is 2.96. The SMILES string of the molecule is NCc1ccc(Cl)cc1Oc1ccc2ccccc2c1. The lowest BCUT2D eigenvalue weighted by atomic mass is 10.1. The van der Waals surface area contributed by atoms with Gasteiger partial charge < -0.3 is 10.5 Å². The van der Waals surface area contributed by atoms with Gasteiger partial charge in [0.2, 0.25) is 0 Å². The Morgan fingerprint density at radius 1 is 0.900 bits per heavy atom. The van der Waals surface area contributed by atoms with Gasteiger partial charge >= 0.3 is 0 Å². The minimum atomic E-state index is 0.417. The van der Waals surface area contributed by atoms with E-state index in [1.807, 2.05) is 42.5 Å². The first-order valence-electron chi connectivity index (χ1n) is 6.41. The molecule has 0 radical (unpaired) electrons. The highest BCUT2D eigenvalue weighted by Crippen LogP contribution is 2.30. The third-order valence-electron chi connectivity index (χ3n) is 3.20. The van der Waals surface area contributed by atoms with Gasteiger partial charge in [-0.3, -0.25) is 0 Å². The van der Waals surface area contributed by atoms with Crippen LogP contribution in [0.5, 0.6) is 11.5 Å². The summed E-state index contributed by atoms with van der Waals surface area (Å²) in [4.78, 5) is 0. The van der Waals surface area contributed by atoms with E-state index in [-0.39, 0.29) is 0 Å². The van der Waals surface area contributed by atoms with Crippen LogP contribution in [-0.2, 0) is 6.54 Å². The Morgan fingerprint density at radius 2 is 1.70 bits per heavy atom. The van der Waals surface area contributed by atoms with E-state index in [0.717, 1.165) is 16.7 Å². The highest BCUT2D eigenvalue weighted by Gasteiger charge is 2.05. The molecule has 0 unspecified atom stereocenters. The van der Waals surface area contributed by atoms with Gasteiger partial charge in [-0.15, -0.1) is 0 Å². The molecule has 0 aliphatic carbocycles. The quantitative estimate of drug-likeness (QED) is 0.753. The van der Waals surface area contributed by atoms with E-state index in [1.54, 1.807) is 6.07 Å². The van der Waals surface area contributed by atoms with Crippen molar-refractivity contribution < 1.29 is 4.74 Å². The third-order valence-corrected chi connectivity index (χ3v) is 3.43. The molecule has 0 saturated carbocycles. The van der Waals surface area contributed by atoms with E-state index in [4.69, 9.17) is 22.1 Å². The van der Waals surface area contributed by atoms with Crippen molar-refractivity contribution in [1.82, 2.24) is 0 Å². The maximum atomic E-state index is 6.01. The summed E-state index contributed by atoms with van der Waals surface area (Å²) in [6, 6.07) is 19.7. The van der Waals surface area contributed by atoms with Crippen LogP contribution in [0.3, 0.4) is 0 Å². The first-order valence-corrected chi connectivity index (χ1v) is 6.79. The summed E-state index contributed by atoms with van der Waals surface area (Å²) in [5.41, 5.74) is 6.65. The predicted molar refractivity (Wildman–Crippen MR) is 83.4 cm³/mol. The summed E-state index contributed by atoms with van der Waals surface area (Å²) >= 11 is 6.01. The van der Waals surface area contributed by atoms with Crippen LogP contribution < -0.4 is 10.5 Å². The van der Waals surface area contributed by atoms with Gasteiger partial charge in [0.15, 0.2) is 0 Å². The fourth-order valence-corrected chi connectivity index (χ4v) is 2.31. The average molecular weight is 284 g/mol. The Hall–Kier alpha value is -2.03. The van der Waals surface area contributed by atoms with E-state index >= 15 is 0 Å². The van der Waals surface area contributed by atoms with Crippen LogP contribution in [-0.4, -0.2) is 0 Å². The molecule has 2 nitrogen and oxygen atoms in total. The number of ether oxygens (including phenoxy) is 1. The summed E-state index contributed by atoms with van der Waals surface area (Å²) < 4.78 is 5.92. The van der Waals surface area contributed by atoms with Gasteiger partial charge in [0.05, 0.1) is 0 Å². The molecule has 0 aromatic heterocycles. The van der Waals surface area contributed by atoms with E-state index < -0.39 is 0 Å². The number of hydrogen-bond donors (Lipinski definition) is 1. The zero-order valence-electron chi connectivity index (χ0n) is 10.8. The first-order chi connectivity index (χ1) is 9.76. The first kappa shape index (κ1) is 13.0. The molecule has 0 amide bonds. The second-order valence-corrected chi connectivity index (χ2v) is 5.00. The molecule has 3 rings (SSSR count). The molecule has 3 aromatic rings. The lowest BCUT2D eigenvalue weighted by Gasteiger charge is -2.11. The second kappa shape index (κ2) is 5.53. The molecule has 0 saturated heterocycles. The summed E-state index contributed by atoms with van der Waals surface area (Å²) in [5.74, 6) is 1.48. The maximum absolute atomic E-state index is 6.01. The Kier molecular flexibility index (Phi) is 3.59. The zero-order chi connectivity index (χ0) is 13.9. The van der Waals surface area contributed by atoms with Gasteiger partial charge in [0, 0.05) is 17.1 Å². The minimum Gasteiger partial charge on any atom is -0.457 e. The summed E-state index contributed by atoms with van der Waals surface area (Å²) in [6.07, 6.45) is 0. The fraction of sp³-hybridized carbons (Fsp3) is 0.0588. The van der Waals surface area contributed by atoms with Gasteiger partial charge in [-0.25, -0.2) is 0 Å². The molecular formula is C17H14ClNO. The lowest BCUT2D eigenvalue weighted by Crippen LogP contribution is -1.99. The van der Waals surface area contributed by atoms with E-state index in [2.05, 4.69) is 12.1 Å². The summed E-state index contributed by atoms with van der Waals surface area (Å²) in [6.45, 7) is 0.417. The smallest absolute Gasteiger partial charge is 0.133 e. The molecule has 0 bridgehead atoms. The topological polar surface area (TPSA) is 35.2 Å². The molecule has 3 heteroatoms. The van der Waals surface area contributed by atoms with Crippen LogP contribution >= 0.6 is 11.6 Å². The lowest BCUT2D eigenvalue weighted by molar-refractivity contribution is 0.477. The fourth-order valence-electron chi connectivity index (χ4n) is 2.15. The van der Waals surface area contributed by atoms with Crippen LogP contribution in [0.1, 0.15) is 5.56 Å². The molecule has 0 fully saturated rings. The Balaban J connectivity index is 1.98. The van der Waals surface area contributed by atoms with Gasteiger partial charge in [0.1, 0.15) is 11.5 Å². The highest BCUT2D eigenvalue weighted by molar-refractivity contribution is 6.30. The molecule has 0 aliphatic heterocycles. The van der Waals surface area contributed by atoms with Crippen molar-refractivity contribution in [2.75, 3.05) is 0 Å². The molecule has 0 heterocycles. The minimum absolute atomic E-state index is 0.417. The molecule has 0 spiro atoms. The average Bonchev–Trinajstić information content (AvgIpc) is 2.47. The standard InChI is InChI=1S/C17H14ClNO/c18-15-7-5-14(11-19)17(10-15)20-16-8-6-12-3-1-2-4-13(12)9-16/h1-10H,11,19H2. The number of rotatable bonds is 3. The van der Waals surface area contributed by atoms with Crippen LogP contribution in [0.4, 0.5) is 0 Å². The molecule has 100 valence electrons. The summed E-state index contributed by atoms with van der Waals surface area (Å²) in [7, 11) is 0. The molecule has 3 aromatic carbocycles. The predicted octanol–water partition coefficient (Wildman–Crippen LogP) is 4.74. The van der Waals surface area contributed by atoms with Gasteiger partial charge in [-0.05, 0) is 35.0 Å². The zero-order valence-corrected chi connectivity index (χ0v) is 11.6. The van der Waals surface area contributed by atoms with Crippen LogP contribution in [0.25, 0.3) is 10.8 Å². The molecule has 2 N–H and O–H groups in total. The van der Waals surface area contributed by atoms with Crippen LogP contribution in [0.2, 0.25) is 5.02 Å². The van der Waals surface area contributed by atoms with Crippen molar-refractivity contribution in [2.45, 2.75) is 6.54 Å². The van der Waals surface area contributed by atoms with E-state index in [0.29, 0.717) is 17.3 Å². The number of halogens is 1. The molecule has 0 atom stereocenters. The maximum Gasteiger partial charge on any atom is 0.133 e. The molecule has 20 heavy (non-hydrogen) atoms. The molecule has 0 aliphatic rings. The van der Waals surface area contributed by atoms with Crippen molar-refractivity contribution in [3.05, 3.63) is 71.2 Å². The monoisotopic (exact) mass is 283 g/mol. The van der Waals surface area contributed by atoms with Crippen molar-refractivity contribution in [3.8, 4) is 11.5 Å². The van der Waals surface area contributed by atoms with Gasteiger partial charge in [0.25, 0.3) is 0 Å². The van der Waals surface area contributed by atoms with E-state index in [1.165, 1.54) is 5.39 Å². The van der Waals surface area contributed by atoms with Crippen molar-refractivity contribution in [2.24, 2.45) is 5.73 Å². The second-order valence-electron chi connectivity index (χ2n) is 4.57. The van der Waals surface area contributed by atoms with Crippen molar-refractivity contribution >= 4 is 22.4 Å². The van der Waals surface area contributed by atoms with Gasteiger partial charge in [-0.2, -0.15) is 0 Å². The normalized spacial score (nSPS) is 10.7. The van der Waals surface area contributed by atoms with Crippen molar-refractivity contribution in [1.29, 1.82) is 0 Å². The van der Waals surface area contributed by atoms with Gasteiger partial charge in [-0.1, -0.05) is 48.0 Å². The Labute approximate surface area is 122 Å². The largest absolute Gasteiger partial charge is 0.457 e. The van der Waals surface area contributed by atoms with E-state index in [9.17, 15) is 0 Å². The Bertz CT molecular complexity index is 755. The number of benzene rings is 3. The number of nitrogens with two attached hydrogens (primary N) is 1. The Morgan fingerprint density at radius 3 is 2.50 bits per heavy atom.